The van der Waals surface area contributed by atoms with Gasteiger partial charge in [-0.25, -0.2) is 8.42 Å². The van der Waals surface area contributed by atoms with E-state index in [0.717, 1.165) is 12.1 Å². The summed E-state index contributed by atoms with van der Waals surface area (Å²) in [4.78, 5) is -0.512. The number of alkyl halides is 3. The van der Waals surface area contributed by atoms with Crippen molar-refractivity contribution in [2.75, 3.05) is 5.75 Å². The molecule has 7 heteroatoms. The van der Waals surface area contributed by atoms with E-state index in [1.165, 1.54) is 12.1 Å². The zero-order valence-electron chi connectivity index (χ0n) is 7.99. The molecule has 0 spiro atoms. The zero-order chi connectivity index (χ0) is 12.4. The highest BCUT2D eigenvalue weighted by Gasteiger charge is 2.33. The number of benzene rings is 1. The molecule has 0 bridgehead atoms. The predicted molar refractivity (Wildman–Crippen MR) is 50.5 cm³/mol. The summed E-state index contributed by atoms with van der Waals surface area (Å²) < 4.78 is 62.4. The van der Waals surface area contributed by atoms with Crippen LogP contribution in [0, 0.1) is 6.92 Å². The molecule has 0 N–H and O–H groups in total. The lowest BCUT2D eigenvalue weighted by Crippen LogP contribution is -2.19. The van der Waals surface area contributed by atoms with Gasteiger partial charge in [0.1, 0.15) is 10.6 Å². The molecule has 0 amide bonds. The lowest BCUT2D eigenvalue weighted by atomic mass is 10.3. The van der Waals surface area contributed by atoms with Crippen LogP contribution in [0.25, 0.3) is 0 Å². The number of sulfone groups is 1. The molecule has 0 aliphatic heterocycles. The zero-order valence-corrected chi connectivity index (χ0v) is 8.81. The number of para-hydroxylation sites is 1. The molecule has 0 heterocycles. The number of ether oxygens (including phenoxy) is 1. The van der Waals surface area contributed by atoms with Crippen molar-refractivity contribution in [1.29, 1.82) is 0 Å². The summed E-state index contributed by atoms with van der Waals surface area (Å²) in [5.41, 5.74) is 0. The number of hydrogen-bond donors (Lipinski definition) is 0. The third-order valence-electron chi connectivity index (χ3n) is 1.68. The van der Waals surface area contributed by atoms with E-state index in [9.17, 15) is 21.6 Å². The van der Waals surface area contributed by atoms with Gasteiger partial charge in [-0.2, -0.15) is 0 Å². The van der Waals surface area contributed by atoms with Gasteiger partial charge in [0, 0.05) is 0 Å². The maximum atomic E-state index is 12.0. The molecule has 1 aromatic carbocycles. The second-order valence-corrected chi connectivity index (χ2v) is 4.89. The van der Waals surface area contributed by atoms with Crippen LogP contribution in [0.1, 0.15) is 0 Å². The summed E-state index contributed by atoms with van der Waals surface area (Å²) in [6, 6.07) is 4.55. The minimum atomic E-state index is -4.92. The Morgan fingerprint density at radius 3 is 2.31 bits per heavy atom. The Morgan fingerprint density at radius 2 is 1.81 bits per heavy atom. The molecule has 1 radical (unpaired) electrons. The van der Waals surface area contributed by atoms with Gasteiger partial charge in [0.2, 0.25) is 0 Å². The van der Waals surface area contributed by atoms with E-state index >= 15 is 0 Å². The molecule has 1 aromatic rings. The average molecular weight is 253 g/mol. The fourth-order valence-corrected chi connectivity index (χ4v) is 1.95. The third-order valence-corrected chi connectivity index (χ3v) is 3.22. The molecular formula is C9H8F3O3S. The lowest BCUT2D eigenvalue weighted by molar-refractivity contribution is -0.275. The fraction of sp³-hybridized carbons (Fsp3) is 0.222. The van der Waals surface area contributed by atoms with E-state index in [-0.39, 0.29) is 0 Å². The molecule has 0 atom stereocenters. The number of rotatable bonds is 3. The second-order valence-electron chi connectivity index (χ2n) is 2.81. The summed E-state index contributed by atoms with van der Waals surface area (Å²) in [7, 11) is -3.84. The molecular weight excluding hydrogens is 245 g/mol. The highest BCUT2D eigenvalue weighted by atomic mass is 32.2. The van der Waals surface area contributed by atoms with Crippen molar-refractivity contribution in [3.05, 3.63) is 31.2 Å². The van der Waals surface area contributed by atoms with Gasteiger partial charge in [-0.15, -0.1) is 13.2 Å². The Kier molecular flexibility index (Phi) is 3.47. The van der Waals surface area contributed by atoms with Crippen LogP contribution in [0.3, 0.4) is 0 Å². The maximum absolute atomic E-state index is 12.0. The van der Waals surface area contributed by atoms with Gasteiger partial charge in [-0.05, 0) is 19.1 Å². The first-order valence-electron chi connectivity index (χ1n) is 4.13. The topological polar surface area (TPSA) is 43.4 Å². The van der Waals surface area contributed by atoms with Crippen LogP contribution in [0.4, 0.5) is 13.2 Å². The van der Waals surface area contributed by atoms with Gasteiger partial charge in [0.15, 0.2) is 9.84 Å². The lowest BCUT2D eigenvalue weighted by Gasteiger charge is -2.12. The predicted octanol–water partition coefficient (Wildman–Crippen LogP) is 2.19. The van der Waals surface area contributed by atoms with Crippen molar-refractivity contribution in [3.63, 3.8) is 0 Å². The molecule has 0 fully saturated rings. The van der Waals surface area contributed by atoms with E-state index in [2.05, 4.69) is 11.7 Å². The standard InChI is InChI=1S/C9H8F3O3S/c1-2-16(13,14)8-6-4-3-5-7(8)15-9(10,11)12/h3-6H,1-2H2. The monoisotopic (exact) mass is 253 g/mol. The van der Waals surface area contributed by atoms with Gasteiger partial charge in [0.25, 0.3) is 0 Å². The van der Waals surface area contributed by atoms with Gasteiger partial charge >= 0.3 is 6.36 Å². The van der Waals surface area contributed by atoms with Gasteiger partial charge < -0.3 is 4.74 Å². The highest BCUT2D eigenvalue weighted by Crippen LogP contribution is 2.29. The largest absolute Gasteiger partial charge is 0.573 e. The minimum absolute atomic E-state index is 0.512. The van der Waals surface area contributed by atoms with Gasteiger partial charge in [-0.1, -0.05) is 12.1 Å². The average Bonchev–Trinajstić information content (AvgIpc) is 2.16. The molecule has 1 rings (SSSR count). The second kappa shape index (κ2) is 4.32. The van der Waals surface area contributed by atoms with Crippen molar-refractivity contribution in [2.45, 2.75) is 11.3 Å². The van der Waals surface area contributed by atoms with Crippen molar-refractivity contribution in [3.8, 4) is 5.75 Å². The van der Waals surface area contributed by atoms with E-state index in [4.69, 9.17) is 0 Å². The molecule has 0 aromatic heterocycles. The molecule has 0 saturated heterocycles. The number of halogens is 3. The van der Waals surface area contributed by atoms with Crippen LogP contribution >= 0.6 is 0 Å². The minimum Gasteiger partial charge on any atom is -0.404 e. The van der Waals surface area contributed by atoms with Crippen molar-refractivity contribution >= 4 is 9.84 Å². The third kappa shape index (κ3) is 3.13. The molecule has 16 heavy (non-hydrogen) atoms. The van der Waals surface area contributed by atoms with Crippen LogP contribution in [-0.2, 0) is 9.84 Å². The molecule has 3 nitrogen and oxygen atoms in total. The first kappa shape index (κ1) is 12.8. The molecule has 0 unspecified atom stereocenters. The summed E-state index contributed by atoms with van der Waals surface area (Å²) >= 11 is 0. The Balaban J connectivity index is 3.22. The van der Waals surface area contributed by atoms with Crippen LogP contribution in [0.2, 0.25) is 0 Å². The fourth-order valence-electron chi connectivity index (χ4n) is 1.03. The van der Waals surface area contributed by atoms with Gasteiger partial charge in [-0.3, -0.25) is 0 Å². The Morgan fingerprint density at radius 1 is 1.25 bits per heavy atom. The highest BCUT2D eigenvalue weighted by molar-refractivity contribution is 7.91. The van der Waals surface area contributed by atoms with Crippen molar-refractivity contribution in [1.82, 2.24) is 0 Å². The van der Waals surface area contributed by atoms with Crippen LogP contribution in [0.15, 0.2) is 29.2 Å². The van der Waals surface area contributed by atoms with E-state index in [1.807, 2.05) is 0 Å². The SMILES string of the molecule is [CH2]CS(=O)(=O)c1ccccc1OC(F)(F)F. The van der Waals surface area contributed by atoms with Crippen LogP contribution < -0.4 is 4.74 Å². The van der Waals surface area contributed by atoms with Crippen molar-refractivity contribution < 1.29 is 26.3 Å². The van der Waals surface area contributed by atoms with Gasteiger partial charge in [0.05, 0.1) is 5.75 Å². The van der Waals surface area contributed by atoms with Crippen LogP contribution in [-0.4, -0.2) is 20.5 Å². The maximum Gasteiger partial charge on any atom is 0.573 e. The molecule has 89 valence electrons. The molecule has 0 aliphatic carbocycles. The quantitative estimate of drug-likeness (QED) is 0.829. The Bertz CT molecular complexity index is 465. The van der Waals surface area contributed by atoms with Crippen molar-refractivity contribution in [2.24, 2.45) is 0 Å². The number of hydrogen-bond acceptors (Lipinski definition) is 3. The van der Waals surface area contributed by atoms with E-state index < -0.39 is 32.6 Å². The van der Waals surface area contributed by atoms with E-state index in [1.54, 1.807) is 0 Å². The Labute approximate surface area is 90.8 Å². The summed E-state index contributed by atoms with van der Waals surface area (Å²) in [5.74, 6) is -1.27. The summed E-state index contributed by atoms with van der Waals surface area (Å²) in [6.45, 7) is 3.15. The summed E-state index contributed by atoms with van der Waals surface area (Å²) in [6.07, 6.45) is -4.92. The normalized spacial score (nSPS) is 12.5. The summed E-state index contributed by atoms with van der Waals surface area (Å²) in [5, 5.41) is 0. The Hall–Kier alpha value is -1.24. The smallest absolute Gasteiger partial charge is 0.404 e. The van der Waals surface area contributed by atoms with Crippen LogP contribution in [0.5, 0.6) is 5.75 Å². The molecule has 0 saturated carbocycles. The van der Waals surface area contributed by atoms with E-state index in [0.29, 0.717) is 0 Å². The first-order chi connectivity index (χ1) is 7.26. The molecule has 0 aliphatic rings. The first-order valence-corrected chi connectivity index (χ1v) is 5.78.